The smallest absolute Gasteiger partial charge is 0.266 e. The summed E-state index contributed by atoms with van der Waals surface area (Å²) >= 11 is 0. The molecule has 0 aliphatic carbocycles. The van der Waals surface area contributed by atoms with Gasteiger partial charge in [-0.3, -0.25) is 4.79 Å². The van der Waals surface area contributed by atoms with Crippen molar-refractivity contribution in [3.63, 3.8) is 0 Å². The number of carbonyl (C=O) groups is 1. The van der Waals surface area contributed by atoms with Gasteiger partial charge in [0.2, 0.25) is 5.82 Å². The fraction of sp³-hybridized carbons (Fsp3) is 0.190. The highest BCUT2D eigenvalue weighted by Crippen LogP contribution is 2.27. The third-order valence-electron chi connectivity index (χ3n) is 3.98. The lowest BCUT2D eigenvalue weighted by Crippen LogP contribution is -2.32. The Kier molecular flexibility index (Phi) is 6.57. The second-order valence-electron chi connectivity index (χ2n) is 6.04. The lowest BCUT2D eigenvalue weighted by molar-refractivity contribution is -0.122. The van der Waals surface area contributed by atoms with Crippen molar-refractivity contribution in [2.45, 2.75) is 19.4 Å². The number of anilines is 1. The molecule has 0 saturated heterocycles. The Bertz CT molecular complexity index is 955. The van der Waals surface area contributed by atoms with Crippen LogP contribution in [-0.2, 0) is 4.79 Å². The van der Waals surface area contributed by atoms with Gasteiger partial charge in [0, 0.05) is 5.56 Å². The first-order chi connectivity index (χ1) is 14.1. The predicted molar refractivity (Wildman–Crippen MR) is 105 cm³/mol. The summed E-state index contributed by atoms with van der Waals surface area (Å²) < 4.78 is 28.9. The van der Waals surface area contributed by atoms with E-state index in [1.54, 1.807) is 37.3 Å². The summed E-state index contributed by atoms with van der Waals surface area (Å²) in [5.74, 6) is 0.446. The molecule has 3 rings (SSSR count). The van der Waals surface area contributed by atoms with Gasteiger partial charge in [-0.25, -0.2) is 9.02 Å². The molecule has 2 aromatic carbocycles. The molecule has 1 atom stereocenters. The number of ether oxygens (including phenoxy) is 2. The molecule has 0 fully saturated rings. The highest BCUT2D eigenvalue weighted by atomic mass is 19.1. The maximum Gasteiger partial charge on any atom is 0.266 e. The van der Waals surface area contributed by atoms with Gasteiger partial charge < -0.3 is 14.8 Å². The van der Waals surface area contributed by atoms with Crippen LogP contribution in [0.4, 0.5) is 10.2 Å². The van der Waals surface area contributed by atoms with Crippen molar-refractivity contribution in [1.82, 2.24) is 10.3 Å². The van der Waals surface area contributed by atoms with Crippen molar-refractivity contribution < 1.29 is 23.3 Å². The van der Waals surface area contributed by atoms with Crippen LogP contribution in [0.1, 0.15) is 13.3 Å². The van der Waals surface area contributed by atoms with E-state index < -0.39 is 12.0 Å². The van der Waals surface area contributed by atoms with Crippen molar-refractivity contribution >= 4 is 11.7 Å². The number of hydrogen-bond acceptors (Lipinski definition) is 6. The van der Waals surface area contributed by atoms with Gasteiger partial charge in [-0.05, 0) is 65.3 Å². The number of rotatable bonds is 9. The topological polar surface area (TPSA) is 86.5 Å². The van der Waals surface area contributed by atoms with Gasteiger partial charge in [0.25, 0.3) is 5.91 Å². The van der Waals surface area contributed by atoms with Crippen molar-refractivity contribution in [2.75, 3.05) is 11.9 Å². The lowest BCUT2D eigenvalue weighted by atomic mass is 10.1. The van der Waals surface area contributed by atoms with Crippen LogP contribution in [0.5, 0.6) is 11.5 Å². The Morgan fingerprint density at radius 3 is 2.52 bits per heavy atom. The summed E-state index contributed by atoms with van der Waals surface area (Å²) in [6.45, 7) is 5.81. The van der Waals surface area contributed by atoms with Gasteiger partial charge in [0.15, 0.2) is 11.8 Å². The fourth-order valence-corrected chi connectivity index (χ4v) is 2.52. The molecular weight excluding hydrogens is 377 g/mol. The molecule has 1 heterocycles. The Hall–Kier alpha value is -3.68. The van der Waals surface area contributed by atoms with E-state index in [0.29, 0.717) is 35.8 Å². The molecule has 150 valence electrons. The van der Waals surface area contributed by atoms with Crippen molar-refractivity contribution in [1.29, 1.82) is 0 Å². The molecule has 3 aromatic rings. The zero-order valence-corrected chi connectivity index (χ0v) is 15.8. The zero-order chi connectivity index (χ0) is 20.6. The zero-order valence-electron chi connectivity index (χ0n) is 15.8. The summed E-state index contributed by atoms with van der Waals surface area (Å²) in [6.07, 6.45) is 1.26. The number of halogens is 1. The molecular formula is C21H20FN3O4. The van der Waals surface area contributed by atoms with Gasteiger partial charge in [-0.2, -0.15) is 0 Å². The summed E-state index contributed by atoms with van der Waals surface area (Å²) in [5, 5.41) is 10.3. The number of aromatic nitrogens is 2. The number of carbonyl (C=O) groups excluding carboxylic acids is 1. The summed E-state index contributed by atoms with van der Waals surface area (Å²) in [4.78, 5) is 12.6. The van der Waals surface area contributed by atoms with Gasteiger partial charge in [-0.15, -0.1) is 0 Å². The van der Waals surface area contributed by atoms with Crippen LogP contribution >= 0.6 is 0 Å². The molecule has 0 aliphatic heterocycles. The molecule has 29 heavy (non-hydrogen) atoms. The Morgan fingerprint density at radius 2 is 1.86 bits per heavy atom. The third kappa shape index (κ3) is 5.19. The van der Waals surface area contributed by atoms with Crippen LogP contribution in [0.3, 0.4) is 0 Å². The van der Waals surface area contributed by atoms with Gasteiger partial charge in [0.05, 0.1) is 0 Å². The molecule has 1 amide bonds. The molecule has 1 N–H and O–H groups in total. The number of nitrogens with one attached hydrogen (secondary N) is 1. The molecule has 1 aromatic heterocycles. The molecule has 8 heteroatoms. The average molecular weight is 397 g/mol. The summed E-state index contributed by atoms with van der Waals surface area (Å²) in [6, 6.07) is 12.6. The van der Waals surface area contributed by atoms with Crippen molar-refractivity contribution in [3.8, 4) is 22.8 Å². The number of hydrogen-bond donors (Lipinski definition) is 1. The quantitative estimate of drug-likeness (QED) is 0.544. The van der Waals surface area contributed by atoms with E-state index in [1.807, 2.05) is 0 Å². The molecule has 7 nitrogen and oxygen atoms in total. The predicted octanol–water partition coefficient (Wildman–Crippen LogP) is 4.24. The highest BCUT2D eigenvalue weighted by molar-refractivity contribution is 5.96. The van der Waals surface area contributed by atoms with Crippen LogP contribution in [0, 0.1) is 5.82 Å². The van der Waals surface area contributed by atoms with Crippen LogP contribution in [0.2, 0.25) is 0 Å². The highest BCUT2D eigenvalue weighted by Gasteiger charge is 2.22. The minimum atomic E-state index is -0.792. The van der Waals surface area contributed by atoms with E-state index >= 15 is 0 Å². The Labute approximate surface area is 167 Å². The average Bonchev–Trinajstić information content (AvgIpc) is 3.20. The summed E-state index contributed by atoms with van der Waals surface area (Å²) in [7, 11) is 0. The van der Waals surface area contributed by atoms with E-state index in [2.05, 4.69) is 22.2 Å². The van der Waals surface area contributed by atoms with Gasteiger partial charge in [0.1, 0.15) is 23.9 Å². The largest absolute Gasteiger partial charge is 0.490 e. The Morgan fingerprint density at radius 1 is 1.17 bits per heavy atom. The van der Waals surface area contributed by atoms with Crippen LogP contribution in [-0.4, -0.2) is 28.9 Å². The minimum Gasteiger partial charge on any atom is -0.490 e. The fourth-order valence-electron chi connectivity index (χ4n) is 2.52. The van der Waals surface area contributed by atoms with E-state index in [4.69, 9.17) is 14.1 Å². The van der Waals surface area contributed by atoms with E-state index in [0.717, 1.165) is 0 Å². The number of benzene rings is 2. The van der Waals surface area contributed by atoms with Crippen LogP contribution < -0.4 is 14.8 Å². The third-order valence-corrected chi connectivity index (χ3v) is 3.98. The number of nitrogens with zero attached hydrogens (tertiary/aromatic N) is 2. The van der Waals surface area contributed by atoms with Crippen molar-refractivity contribution in [3.05, 3.63) is 67.0 Å². The normalized spacial score (nSPS) is 11.5. The second-order valence-corrected chi connectivity index (χ2v) is 6.04. The maximum atomic E-state index is 13.0. The SMILES string of the molecule is C=CCOc1ccc(-c2nonc2NC(=O)[C@H](CC)Oc2ccc(F)cc2)cc1. The molecule has 0 unspecified atom stereocenters. The molecule has 0 saturated carbocycles. The molecule has 0 radical (unpaired) electrons. The standard InChI is InChI=1S/C21H20FN3O4/c1-3-13-27-16-9-5-14(6-10-16)19-20(25-29-24-19)23-21(26)18(4-2)28-17-11-7-15(22)8-12-17/h3,5-12,18H,1,4,13H2,2H3,(H,23,25,26)/t18-/m0/s1. The second kappa shape index (κ2) is 9.50. The van der Waals surface area contributed by atoms with E-state index in [-0.39, 0.29) is 11.6 Å². The maximum absolute atomic E-state index is 13.0. The van der Waals surface area contributed by atoms with Crippen LogP contribution in [0.25, 0.3) is 11.3 Å². The first kappa shape index (κ1) is 20.1. The molecule has 0 spiro atoms. The van der Waals surface area contributed by atoms with Crippen molar-refractivity contribution in [2.24, 2.45) is 0 Å². The van der Waals surface area contributed by atoms with Gasteiger partial charge in [-0.1, -0.05) is 19.6 Å². The first-order valence-electron chi connectivity index (χ1n) is 9.00. The van der Waals surface area contributed by atoms with E-state index in [9.17, 15) is 9.18 Å². The Balaban J connectivity index is 1.70. The van der Waals surface area contributed by atoms with E-state index in [1.165, 1.54) is 24.3 Å². The molecule has 0 bridgehead atoms. The molecule has 0 aliphatic rings. The van der Waals surface area contributed by atoms with Gasteiger partial charge >= 0.3 is 0 Å². The first-order valence-corrected chi connectivity index (χ1v) is 9.00. The number of amides is 1. The van der Waals surface area contributed by atoms with Crippen LogP contribution in [0.15, 0.2) is 65.8 Å². The monoisotopic (exact) mass is 397 g/mol. The lowest BCUT2D eigenvalue weighted by Gasteiger charge is -2.16. The minimum absolute atomic E-state index is 0.177. The summed E-state index contributed by atoms with van der Waals surface area (Å²) in [5.41, 5.74) is 1.07.